The molecule has 0 heterocycles. The summed E-state index contributed by atoms with van der Waals surface area (Å²) in [6.07, 6.45) is -5.19. The number of rotatable bonds is 5. The summed E-state index contributed by atoms with van der Waals surface area (Å²) in [6.45, 7) is -0.354. The predicted molar refractivity (Wildman–Crippen MR) is 45.4 cm³/mol. The number of alkyl halides is 4. The summed E-state index contributed by atoms with van der Waals surface area (Å²) in [5.41, 5.74) is 0. The smallest absolute Gasteiger partial charge is 0.390 e. The fourth-order valence-electron chi connectivity index (χ4n) is 0.761. The second kappa shape index (κ2) is 5.41. The van der Waals surface area contributed by atoms with E-state index in [1.807, 2.05) is 0 Å². The minimum atomic E-state index is -4.22. The summed E-state index contributed by atoms with van der Waals surface area (Å²) < 4.78 is 35.2. The van der Waals surface area contributed by atoms with E-state index in [0.717, 1.165) is 0 Å². The molecule has 3 nitrogen and oxygen atoms in total. The second-order valence-corrected chi connectivity index (χ2v) is 3.46. The minimum absolute atomic E-state index is 0.104. The molecule has 0 saturated heterocycles. The van der Waals surface area contributed by atoms with Gasteiger partial charge in [-0.1, -0.05) is 0 Å². The Morgan fingerprint density at radius 2 is 2.07 bits per heavy atom. The molecule has 0 aromatic rings. The lowest BCUT2D eigenvalue weighted by molar-refractivity contribution is -0.138. The largest absolute Gasteiger partial charge is 0.480 e. The van der Waals surface area contributed by atoms with Crippen LogP contribution < -0.4 is 0 Å². The van der Waals surface area contributed by atoms with Gasteiger partial charge in [-0.3, -0.25) is 4.79 Å². The Kier molecular flexibility index (Phi) is 5.22. The molecule has 0 rings (SSSR count). The Morgan fingerprint density at radius 1 is 1.57 bits per heavy atom. The van der Waals surface area contributed by atoms with E-state index in [4.69, 9.17) is 16.7 Å². The first kappa shape index (κ1) is 13.5. The zero-order chi connectivity index (χ0) is 11.4. The van der Waals surface area contributed by atoms with Gasteiger partial charge < -0.3 is 10.0 Å². The van der Waals surface area contributed by atoms with Crippen molar-refractivity contribution in [1.82, 2.24) is 4.90 Å². The molecule has 1 atom stereocenters. The summed E-state index contributed by atoms with van der Waals surface area (Å²) in [6, 6.07) is 0. The van der Waals surface area contributed by atoms with Crippen molar-refractivity contribution < 1.29 is 23.1 Å². The summed E-state index contributed by atoms with van der Waals surface area (Å²) in [5.74, 6) is -1.23. The van der Waals surface area contributed by atoms with Crippen LogP contribution in [-0.2, 0) is 4.79 Å². The highest BCUT2D eigenvalue weighted by molar-refractivity contribution is 6.29. The van der Waals surface area contributed by atoms with Crippen LogP contribution in [0.4, 0.5) is 13.2 Å². The third-order valence-corrected chi connectivity index (χ3v) is 1.84. The highest BCUT2D eigenvalue weighted by atomic mass is 35.5. The van der Waals surface area contributed by atoms with Gasteiger partial charge in [0.15, 0.2) is 0 Å². The molecule has 0 aliphatic rings. The number of carboxylic acids is 1. The molecule has 1 N–H and O–H groups in total. The van der Waals surface area contributed by atoms with Crippen LogP contribution in [0.15, 0.2) is 0 Å². The quantitative estimate of drug-likeness (QED) is 0.733. The van der Waals surface area contributed by atoms with Crippen molar-refractivity contribution in [3.8, 4) is 0 Å². The molecule has 0 aliphatic carbocycles. The zero-order valence-electron chi connectivity index (χ0n) is 7.51. The Labute approximate surface area is 84.4 Å². The molecule has 0 amide bonds. The molecule has 0 radical (unpaired) electrons. The normalized spacial score (nSPS) is 14.4. The average Bonchev–Trinajstić information content (AvgIpc) is 1.99. The number of halogens is 4. The monoisotopic (exact) mass is 233 g/mol. The molecule has 0 fully saturated rings. The van der Waals surface area contributed by atoms with Gasteiger partial charge in [0.25, 0.3) is 0 Å². The van der Waals surface area contributed by atoms with Gasteiger partial charge in [0.1, 0.15) is 5.38 Å². The van der Waals surface area contributed by atoms with Crippen LogP contribution in [0.1, 0.15) is 6.42 Å². The Morgan fingerprint density at radius 3 is 2.43 bits per heavy atom. The summed E-state index contributed by atoms with van der Waals surface area (Å²) in [7, 11) is 1.39. The summed E-state index contributed by atoms with van der Waals surface area (Å²) in [4.78, 5) is 11.5. The van der Waals surface area contributed by atoms with Crippen molar-refractivity contribution in [1.29, 1.82) is 0 Å². The Balaban J connectivity index is 3.76. The Bertz CT molecular complexity index is 198. The lowest BCUT2D eigenvalue weighted by atomic mass is 10.3. The molecule has 7 heteroatoms. The van der Waals surface area contributed by atoms with Crippen molar-refractivity contribution in [2.45, 2.75) is 18.0 Å². The lowest BCUT2D eigenvalue weighted by Gasteiger charge is -2.18. The fraction of sp³-hybridized carbons (Fsp3) is 0.857. The van der Waals surface area contributed by atoms with Crippen molar-refractivity contribution >= 4 is 17.6 Å². The van der Waals surface area contributed by atoms with Crippen LogP contribution in [-0.4, -0.2) is 47.7 Å². The maximum Gasteiger partial charge on any atom is 0.390 e. The summed E-state index contributed by atoms with van der Waals surface area (Å²) >= 11 is 5.34. The molecule has 0 saturated carbocycles. The molecule has 0 aromatic heterocycles. The molecular weight excluding hydrogens is 223 g/mol. The van der Waals surface area contributed by atoms with Crippen LogP contribution in [0.3, 0.4) is 0 Å². The van der Waals surface area contributed by atoms with E-state index >= 15 is 0 Å². The molecule has 0 spiro atoms. The fourth-order valence-corrected chi connectivity index (χ4v) is 0.996. The highest BCUT2D eigenvalue weighted by Gasteiger charge is 2.27. The average molecular weight is 234 g/mol. The van der Waals surface area contributed by atoms with E-state index < -0.39 is 23.9 Å². The number of hydrogen-bond acceptors (Lipinski definition) is 2. The number of carbonyl (C=O) groups is 1. The predicted octanol–water partition coefficient (Wildman–Crippen LogP) is 1.56. The van der Waals surface area contributed by atoms with Crippen molar-refractivity contribution in [3.63, 3.8) is 0 Å². The number of nitrogens with zero attached hydrogens (tertiary/aromatic N) is 1. The van der Waals surface area contributed by atoms with Crippen LogP contribution in [0, 0.1) is 0 Å². The van der Waals surface area contributed by atoms with E-state index in [9.17, 15) is 18.0 Å². The number of hydrogen-bond donors (Lipinski definition) is 1. The van der Waals surface area contributed by atoms with Crippen LogP contribution in [0.25, 0.3) is 0 Å². The molecule has 1 unspecified atom stereocenters. The molecule has 14 heavy (non-hydrogen) atoms. The topological polar surface area (TPSA) is 40.5 Å². The van der Waals surface area contributed by atoms with Crippen LogP contribution in [0.2, 0.25) is 0 Å². The number of carboxylic acid groups (broad SMARTS) is 1. The maximum atomic E-state index is 11.7. The first-order valence-corrected chi connectivity index (χ1v) is 4.28. The lowest BCUT2D eigenvalue weighted by Crippen LogP contribution is -2.33. The van der Waals surface area contributed by atoms with E-state index in [2.05, 4.69) is 0 Å². The highest BCUT2D eigenvalue weighted by Crippen LogP contribution is 2.19. The Hall–Kier alpha value is -0.490. The third-order valence-electron chi connectivity index (χ3n) is 1.52. The van der Waals surface area contributed by atoms with E-state index in [-0.39, 0.29) is 13.1 Å². The van der Waals surface area contributed by atoms with Crippen molar-refractivity contribution in [3.05, 3.63) is 0 Å². The van der Waals surface area contributed by atoms with Crippen LogP contribution in [0.5, 0.6) is 0 Å². The van der Waals surface area contributed by atoms with Gasteiger partial charge in [0.05, 0.1) is 6.42 Å². The molecular formula is C7H11ClF3NO2. The molecule has 0 aliphatic heterocycles. The van der Waals surface area contributed by atoms with E-state index in [0.29, 0.717) is 0 Å². The maximum absolute atomic E-state index is 11.7. The first-order chi connectivity index (χ1) is 6.22. The van der Waals surface area contributed by atoms with Gasteiger partial charge in [-0.25, -0.2) is 0 Å². The van der Waals surface area contributed by atoms with Crippen molar-refractivity contribution in [2.75, 3.05) is 20.1 Å². The van der Waals surface area contributed by atoms with Gasteiger partial charge >= 0.3 is 12.1 Å². The van der Waals surface area contributed by atoms with Gasteiger partial charge in [-0.05, 0) is 7.05 Å². The first-order valence-electron chi connectivity index (χ1n) is 3.84. The zero-order valence-corrected chi connectivity index (χ0v) is 8.27. The third kappa shape index (κ3) is 6.97. The summed E-state index contributed by atoms with van der Waals surface area (Å²) in [5, 5.41) is 7.21. The standard InChI is InChI=1S/C7H11ClF3NO2/c1-12(3-2-7(9,10)11)4-5(8)6(13)14/h5H,2-4H2,1H3,(H,13,14). The van der Waals surface area contributed by atoms with Gasteiger partial charge in [-0.2, -0.15) is 13.2 Å². The minimum Gasteiger partial charge on any atom is -0.480 e. The van der Waals surface area contributed by atoms with Crippen molar-refractivity contribution in [2.24, 2.45) is 0 Å². The number of aliphatic carboxylic acids is 1. The van der Waals surface area contributed by atoms with Crippen LogP contribution >= 0.6 is 11.6 Å². The molecule has 0 bridgehead atoms. The molecule has 0 aromatic carbocycles. The van der Waals surface area contributed by atoms with E-state index in [1.54, 1.807) is 0 Å². The van der Waals surface area contributed by atoms with E-state index in [1.165, 1.54) is 11.9 Å². The van der Waals surface area contributed by atoms with Gasteiger partial charge in [0.2, 0.25) is 0 Å². The molecule has 84 valence electrons. The SMILES string of the molecule is CN(CCC(F)(F)F)CC(Cl)C(=O)O. The van der Waals surface area contributed by atoms with Gasteiger partial charge in [-0.15, -0.1) is 11.6 Å². The second-order valence-electron chi connectivity index (χ2n) is 2.93. The van der Waals surface area contributed by atoms with Gasteiger partial charge in [0, 0.05) is 13.1 Å².